The van der Waals surface area contributed by atoms with Crippen LogP contribution in [-0.4, -0.2) is 39.1 Å². The summed E-state index contributed by atoms with van der Waals surface area (Å²) in [6, 6.07) is 0. The van der Waals surface area contributed by atoms with Crippen molar-refractivity contribution in [1.29, 1.82) is 0 Å². The first kappa shape index (κ1) is 21.6. The van der Waals surface area contributed by atoms with Crippen LogP contribution in [0.2, 0.25) is 0 Å². The minimum atomic E-state index is -0.420. The normalized spacial score (nSPS) is 14.7. The van der Waals surface area contributed by atoms with E-state index in [1.807, 2.05) is 13.8 Å². The number of nitrogens with one attached hydrogen (secondary N) is 1. The Bertz CT molecular complexity index is 887. The fraction of sp³-hybridized carbons (Fsp3) is 0.579. The largest absolute Gasteiger partial charge is 0.462 e. The van der Waals surface area contributed by atoms with Crippen LogP contribution in [0.3, 0.4) is 0 Å². The number of anilines is 1. The number of thiophene rings is 1. The summed E-state index contributed by atoms with van der Waals surface area (Å²) >= 11 is 2.61. The van der Waals surface area contributed by atoms with Crippen molar-refractivity contribution < 1.29 is 14.3 Å². The first-order valence-corrected chi connectivity index (χ1v) is 11.6. The molecule has 1 saturated carbocycles. The zero-order chi connectivity index (χ0) is 21.0. The lowest BCUT2D eigenvalue weighted by Gasteiger charge is -2.20. The number of esters is 1. The first-order valence-electron chi connectivity index (χ1n) is 9.82. The van der Waals surface area contributed by atoms with Crippen molar-refractivity contribution in [3.05, 3.63) is 21.8 Å². The molecule has 29 heavy (non-hydrogen) atoms. The smallest absolute Gasteiger partial charge is 0.341 e. The van der Waals surface area contributed by atoms with E-state index in [9.17, 15) is 9.59 Å². The van der Waals surface area contributed by atoms with Gasteiger partial charge in [-0.15, -0.1) is 21.5 Å². The predicted octanol–water partition coefficient (Wildman–Crippen LogP) is 3.63. The summed E-state index contributed by atoms with van der Waals surface area (Å²) in [4.78, 5) is 25.7. The van der Waals surface area contributed by atoms with E-state index in [1.165, 1.54) is 47.0 Å². The summed E-state index contributed by atoms with van der Waals surface area (Å²) in [5.74, 6) is 6.78. The van der Waals surface area contributed by atoms with Gasteiger partial charge in [0.2, 0.25) is 11.1 Å². The zero-order valence-electron chi connectivity index (χ0n) is 17.0. The Kier molecular flexibility index (Phi) is 7.18. The van der Waals surface area contributed by atoms with Gasteiger partial charge in [0, 0.05) is 10.8 Å². The van der Waals surface area contributed by atoms with Gasteiger partial charge >= 0.3 is 5.97 Å². The van der Waals surface area contributed by atoms with Crippen LogP contribution in [0.5, 0.6) is 0 Å². The van der Waals surface area contributed by atoms with Gasteiger partial charge in [-0.3, -0.25) is 4.79 Å². The number of nitrogens with two attached hydrogens (primary N) is 1. The number of carbonyl (C=O) groups is 2. The van der Waals surface area contributed by atoms with Gasteiger partial charge in [-0.2, -0.15) is 0 Å². The fourth-order valence-corrected chi connectivity index (χ4v) is 5.21. The quantitative estimate of drug-likeness (QED) is 0.386. The third-order valence-corrected chi connectivity index (χ3v) is 7.18. The van der Waals surface area contributed by atoms with Crippen LogP contribution in [0.25, 0.3) is 0 Å². The third-order valence-electron chi connectivity index (χ3n) is 5.11. The van der Waals surface area contributed by atoms with Gasteiger partial charge in [-0.05, 0) is 39.2 Å². The zero-order valence-corrected chi connectivity index (χ0v) is 18.6. The maximum absolute atomic E-state index is 12.5. The summed E-state index contributed by atoms with van der Waals surface area (Å²) in [7, 11) is 0. The third kappa shape index (κ3) is 4.92. The van der Waals surface area contributed by atoms with Gasteiger partial charge in [0.25, 0.3) is 0 Å². The molecule has 0 atom stereocenters. The van der Waals surface area contributed by atoms with E-state index in [4.69, 9.17) is 10.6 Å². The molecule has 0 aromatic carbocycles. The topological polar surface area (TPSA) is 112 Å². The molecule has 1 aliphatic carbocycles. The van der Waals surface area contributed by atoms with Crippen molar-refractivity contribution >= 4 is 40.0 Å². The van der Waals surface area contributed by atoms with Crippen LogP contribution in [-0.2, 0) is 9.53 Å². The van der Waals surface area contributed by atoms with Crippen LogP contribution in [0.4, 0.5) is 5.00 Å². The summed E-state index contributed by atoms with van der Waals surface area (Å²) in [6.07, 6.45) is 5.78. The molecule has 2 heterocycles. The van der Waals surface area contributed by atoms with E-state index in [-0.39, 0.29) is 18.3 Å². The van der Waals surface area contributed by atoms with Crippen molar-refractivity contribution in [2.45, 2.75) is 63.9 Å². The van der Waals surface area contributed by atoms with Gasteiger partial charge in [0.1, 0.15) is 5.00 Å². The number of hydrogen-bond donors (Lipinski definition) is 2. The van der Waals surface area contributed by atoms with E-state index in [0.717, 1.165) is 29.1 Å². The van der Waals surface area contributed by atoms with Crippen molar-refractivity contribution in [2.75, 3.05) is 23.5 Å². The second-order valence-electron chi connectivity index (χ2n) is 7.09. The fourth-order valence-electron chi connectivity index (χ4n) is 3.48. The molecule has 0 radical (unpaired) electrons. The Morgan fingerprint density at radius 2 is 2.00 bits per heavy atom. The molecule has 3 rings (SSSR count). The molecule has 158 valence electrons. The number of carbonyl (C=O) groups excluding carboxylic acids is 2. The molecule has 0 unspecified atom stereocenters. The lowest BCUT2D eigenvalue weighted by Crippen LogP contribution is -2.20. The summed E-state index contributed by atoms with van der Waals surface area (Å²) in [5.41, 5.74) is 1.25. The highest BCUT2D eigenvalue weighted by Gasteiger charge is 2.24. The van der Waals surface area contributed by atoms with Gasteiger partial charge in [-0.25, -0.2) is 9.47 Å². The molecule has 0 saturated heterocycles. The van der Waals surface area contributed by atoms with E-state index in [1.54, 1.807) is 6.92 Å². The highest BCUT2D eigenvalue weighted by atomic mass is 32.2. The molecule has 1 amide bonds. The molecule has 10 heteroatoms. The SMILES string of the molecule is CCOC(=O)c1c(NC(=O)CSc2nnc(C3CCCCC3)n2N)sc(C)c1C. The van der Waals surface area contributed by atoms with Crippen molar-refractivity contribution in [3.63, 3.8) is 0 Å². The molecule has 0 spiro atoms. The Morgan fingerprint density at radius 1 is 1.28 bits per heavy atom. The lowest BCUT2D eigenvalue weighted by molar-refractivity contribution is -0.113. The standard InChI is InChI=1S/C19H27N5O3S2/c1-4-27-18(26)15-11(2)12(3)29-17(15)21-14(25)10-28-19-23-22-16(24(19)20)13-8-6-5-7-9-13/h13H,4-10,20H2,1-3H3,(H,21,25). The second kappa shape index (κ2) is 9.62. The van der Waals surface area contributed by atoms with Crippen LogP contribution in [0, 0.1) is 13.8 Å². The monoisotopic (exact) mass is 437 g/mol. The minimum absolute atomic E-state index is 0.123. The summed E-state index contributed by atoms with van der Waals surface area (Å²) < 4.78 is 6.63. The maximum Gasteiger partial charge on any atom is 0.341 e. The van der Waals surface area contributed by atoms with Crippen molar-refractivity contribution in [1.82, 2.24) is 14.9 Å². The maximum atomic E-state index is 12.5. The number of hydrogen-bond acceptors (Lipinski definition) is 8. The molecular formula is C19H27N5O3S2. The summed E-state index contributed by atoms with van der Waals surface area (Å²) in [6.45, 7) is 5.81. The average molecular weight is 438 g/mol. The van der Waals surface area contributed by atoms with Crippen molar-refractivity contribution in [3.8, 4) is 0 Å². The molecule has 8 nitrogen and oxygen atoms in total. The predicted molar refractivity (Wildman–Crippen MR) is 115 cm³/mol. The number of thioether (sulfide) groups is 1. The molecule has 3 N–H and O–H groups in total. The second-order valence-corrected chi connectivity index (χ2v) is 9.26. The van der Waals surface area contributed by atoms with Crippen LogP contribution in [0.15, 0.2) is 5.16 Å². The molecule has 0 aliphatic heterocycles. The van der Waals surface area contributed by atoms with Crippen LogP contribution < -0.4 is 11.2 Å². The van der Waals surface area contributed by atoms with Gasteiger partial charge < -0.3 is 15.9 Å². The number of aromatic nitrogens is 3. The van der Waals surface area contributed by atoms with Gasteiger partial charge in [-0.1, -0.05) is 31.0 Å². The van der Waals surface area contributed by atoms with E-state index in [2.05, 4.69) is 15.5 Å². The molecule has 1 fully saturated rings. The highest BCUT2D eigenvalue weighted by Crippen LogP contribution is 2.34. The Balaban J connectivity index is 1.63. The highest BCUT2D eigenvalue weighted by molar-refractivity contribution is 7.99. The van der Waals surface area contributed by atoms with Gasteiger partial charge in [0.05, 0.1) is 17.9 Å². The van der Waals surface area contributed by atoms with E-state index < -0.39 is 5.97 Å². The lowest BCUT2D eigenvalue weighted by atomic mass is 9.89. The molecular weight excluding hydrogens is 410 g/mol. The number of ether oxygens (including phenoxy) is 1. The first-order chi connectivity index (χ1) is 13.9. The molecule has 2 aromatic heterocycles. The van der Waals surface area contributed by atoms with Gasteiger partial charge in [0.15, 0.2) is 5.82 Å². The van der Waals surface area contributed by atoms with E-state index >= 15 is 0 Å². The summed E-state index contributed by atoms with van der Waals surface area (Å²) in [5, 5.41) is 12.3. The van der Waals surface area contributed by atoms with Crippen LogP contribution in [0.1, 0.15) is 71.6 Å². The van der Waals surface area contributed by atoms with Crippen molar-refractivity contribution in [2.24, 2.45) is 0 Å². The Hall–Kier alpha value is -2.07. The number of amides is 1. The molecule has 2 aromatic rings. The number of rotatable bonds is 7. The molecule has 1 aliphatic rings. The Labute approximate surface area is 178 Å². The minimum Gasteiger partial charge on any atom is -0.462 e. The number of aryl methyl sites for hydroxylation is 1. The molecule has 0 bridgehead atoms. The Morgan fingerprint density at radius 3 is 2.69 bits per heavy atom. The number of nitrogen functional groups attached to an aromatic ring is 1. The van der Waals surface area contributed by atoms with Crippen LogP contribution >= 0.6 is 23.1 Å². The number of nitrogens with zero attached hydrogens (tertiary/aromatic N) is 3. The average Bonchev–Trinajstić information content (AvgIpc) is 3.20. The van der Waals surface area contributed by atoms with E-state index in [0.29, 0.717) is 21.6 Å².